The Balaban J connectivity index is 1.65. The molecule has 0 radical (unpaired) electrons. The van der Waals surface area contributed by atoms with Crippen molar-refractivity contribution in [2.45, 2.75) is 20.8 Å². The number of aromatic amines is 1. The van der Waals surface area contributed by atoms with Crippen molar-refractivity contribution in [2.75, 3.05) is 31.1 Å². The summed E-state index contributed by atoms with van der Waals surface area (Å²) in [5.41, 5.74) is 0.235. The largest absolute Gasteiger partial charge is 0.367 e. The Bertz CT molecular complexity index is 669. The molecule has 2 aromatic heterocycles. The summed E-state index contributed by atoms with van der Waals surface area (Å²) in [6, 6.07) is 0. The molecule has 2 aromatic rings. The van der Waals surface area contributed by atoms with E-state index >= 15 is 0 Å². The van der Waals surface area contributed by atoms with Crippen molar-refractivity contribution in [2.24, 2.45) is 5.41 Å². The standard InChI is InChI=1S/C14H20N6O2/c1-14(2,3)13(21)22-20-6-4-19(5-7-20)12-10-8-17-18-11(10)15-9-16-12/h8-9H,4-7H2,1-3H3,(H,15,16,17,18). The van der Waals surface area contributed by atoms with Crippen molar-refractivity contribution in [1.82, 2.24) is 25.2 Å². The SMILES string of the molecule is CC(C)(C)C(=O)ON1CCN(c2ncnc3[nH]ncc23)CC1. The van der Waals surface area contributed by atoms with Gasteiger partial charge in [0.2, 0.25) is 0 Å². The van der Waals surface area contributed by atoms with E-state index < -0.39 is 5.41 Å². The summed E-state index contributed by atoms with van der Waals surface area (Å²) >= 11 is 0. The normalized spacial score (nSPS) is 17.0. The summed E-state index contributed by atoms with van der Waals surface area (Å²) < 4.78 is 0. The molecule has 3 heterocycles. The van der Waals surface area contributed by atoms with Gasteiger partial charge in [0.1, 0.15) is 12.1 Å². The number of carbonyl (C=O) groups excluding carboxylic acids is 1. The van der Waals surface area contributed by atoms with E-state index in [-0.39, 0.29) is 5.97 Å². The first-order chi connectivity index (χ1) is 10.4. The highest BCUT2D eigenvalue weighted by Crippen LogP contribution is 2.23. The summed E-state index contributed by atoms with van der Waals surface area (Å²) in [5.74, 6) is 0.653. The van der Waals surface area contributed by atoms with Crippen LogP contribution in [-0.2, 0) is 9.63 Å². The third kappa shape index (κ3) is 2.87. The molecule has 3 rings (SSSR count). The van der Waals surface area contributed by atoms with Crippen LogP contribution >= 0.6 is 0 Å². The van der Waals surface area contributed by atoms with E-state index in [9.17, 15) is 4.79 Å². The molecule has 0 bridgehead atoms. The molecule has 1 saturated heterocycles. The molecule has 22 heavy (non-hydrogen) atoms. The Hall–Kier alpha value is -2.22. The van der Waals surface area contributed by atoms with Gasteiger partial charge in [-0.25, -0.2) is 14.8 Å². The molecule has 118 valence electrons. The van der Waals surface area contributed by atoms with Gasteiger partial charge in [-0.05, 0) is 20.8 Å². The highest BCUT2D eigenvalue weighted by molar-refractivity contribution is 5.86. The number of anilines is 1. The number of hydroxylamine groups is 2. The highest BCUT2D eigenvalue weighted by atomic mass is 16.7. The van der Waals surface area contributed by atoms with Crippen LogP contribution in [0.15, 0.2) is 12.5 Å². The van der Waals surface area contributed by atoms with Crippen LogP contribution in [0.1, 0.15) is 20.8 Å². The number of fused-ring (bicyclic) bond motifs is 1. The maximum atomic E-state index is 11.9. The fourth-order valence-electron chi connectivity index (χ4n) is 2.25. The van der Waals surface area contributed by atoms with Crippen molar-refractivity contribution in [1.29, 1.82) is 0 Å². The number of H-pyrrole nitrogens is 1. The lowest BCUT2D eigenvalue weighted by Crippen LogP contribution is -2.48. The molecule has 0 amide bonds. The van der Waals surface area contributed by atoms with Crippen LogP contribution in [0.4, 0.5) is 5.82 Å². The molecule has 8 nitrogen and oxygen atoms in total. The van der Waals surface area contributed by atoms with Crippen LogP contribution in [0.2, 0.25) is 0 Å². The van der Waals surface area contributed by atoms with Gasteiger partial charge < -0.3 is 9.74 Å². The minimum atomic E-state index is -0.493. The zero-order chi connectivity index (χ0) is 15.7. The lowest BCUT2D eigenvalue weighted by molar-refractivity contribution is -0.201. The summed E-state index contributed by atoms with van der Waals surface area (Å²) in [4.78, 5) is 28.0. The number of nitrogens with one attached hydrogen (secondary N) is 1. The van der Waals surface area contributed by atoms with E-state index in [0.29, 0.717) is 13.1 Å². The zero-order valence-corrected chi connectivity index (χ0v) is 13.0. The molecule has 0 atom stereocenters. The quantitative estimate of drug-likeness (QED) is 0.884. The van der Waals surface area contributed by atoms with Gasteiger partial charge in [0.05, 0.1) is 30.1 Å². The second-order valence-electron chi connectivity index (χ2n) is 6.37. The van der Waals surface area contributed by atoms with Crippen LogP contribution < -0.4 is 4.90 Å². The van der Waals surface area contributed by atoms with Crippen LogP contribution in [0.25, 0.3) is 11.0 Å². The van der Waals surface area contributed by atoms with Crippen molar-refractivity contribution < 1.29 is 9.63 Å². The summed E-state index contributed by atoms with van der Waals surface area (Å²) in [5, 5.41) is 9.47. The summed E-state index contributed by atoms with van der Waals surface area (Å²) in [6.07, 6.45) is 3.26. The molecular weight excluding hydrogens is 284 g/mol. The minimum Gasteiger partial charge on any atom is -0.367 e. The lowest BCUT2D eigenvalue weighted by Gasteiger charge is -2.35. The minimum absolute atomic E-state index is 0.208. The first-order valence-electron chi connectivity index (χ1n) is 7.31. The van der Waals surface area contributed by atoms with Crippen molar-refractivity contribution >= 4 is 22.8 Å². The second-order valence-corrected chi connectivity index (χ2v) is 6.37. The number of rotatable bonds is 2. The Labute approximate surface area is 128 Å². The maximum Gasteiger partial charge on any atom is 0.330 e. The molecule has 0 saturated carbocycles. The topological polar surface area (TPSA) is 87.2 Å². The molecule has 1 N–H and O–H groups in total. The molecule has 1 aliphatic heterocycles. The van der Waals surface area contributed by atoms with E-state index in [1.165, 1.54) is 6.33 Å². The van der Waals surface area contributed by atoms with Gasteiger partial charge in [-0.3, -0.25) is 5.10 Å². The summed E-state index contributed by atoms with van der Waals surface area (Å²) in [7, 11) is 0. The van der Waals surface area contributed by atoms with Crippen LogP contribution in [0, 0.1) is 5.41 Å². The molecule has 1 aliphatic rings. The van der Waals surface area contributed by atoms with Gasteiger partial charge >= 0.3 is 5.97 Å². The van der Waals surface area contributed by atoms with Gasteiger partial charge in [-0.1, -0.05) is 0 Å². The Kier molecular flexibility index (Phi) is 3.69. The predicted octanol–water partition coefficient (Wildman–Crippen LogP) is 0.979. The molecule has 0 unspecified atom stereocenters. The molecular formula is C14H20N6O2. The number of hydrogen-bond donors (Lipinski definition) is 1. The van der Waals surface area contributed by atoms with Gasteiger partial charge in [-0.15, -0.1) is 5.06 Å². The van der Waals surface area contributed by atoms with Gasteiger partial charge in [0.25, 0.3) is 0 Å². The third-order valence-electron chi connectivity index (χ3n) is 3.59. The number of carbonyl (C=O) groups is 1. The van der Waals surface area contributed by atoms with Crippen LogP contribution in [0.3, 0.4) is 0 Å². The van der Waals surface area contributed by atoms with Gasteiger partial charge in [0.15, 0.2) is 5.65 Å². The van der Waals surface area contributed by atoms with E-state index in [1.807, 2.05) is 20.8 Å². The van der Waals surface area contributed by atoms with Crippen molar-refractivity contribution in [3.63, 3.8) is 0 Å². The zero-order valence-electron chi connectivity index (χ0n) is 13.0. The van der Waals surface area contributed by atoms with E-state index in [0.717, 1.165) is 29.9 Å². The van der Waals surface area contributed by atoms with Crippen molar-refractivity contribution in [3.05, 3.63) is 12.5 Å². The highest BCUT2D eigenvalue weighted by Gasteiger charge is 2.28. The predicted molar refractivity (Wildman–Crippen MR) is 81.0 cm³/mol. The van der Waals surface area contributed by atoms with E-state index in [4.69, 9.17) is 4.84 Å². The lowest BCUT2D eigenvalue weighted by atomic mass is 9.98. The monoisotopic (exact) mass is 304 g/mol. The Morgan fingerprint density at radius 1 is 1.23 bits per heavy atom. The third-order valence-corrected chi connectivity index (χ3v) is 3.59. The molecule has 0 aromatic carbocycles. The first-order valence-corrected chi connectivity index (χ1v) is 7.31. The fourth-order valence-corrected chi connectivity index (χ4v) is 2.25. The second kappa shape index (κ2) is 5.53. The molecule has 0 aliphatic carbocycles. The van der Waals surface area contributed by atoms with Gasteiger partial charge in [-0.2, -0.15) is 5.10 Å². The van der Waals surface area contributed by atoms with Crippen LogP contribution in [-0.4, -0.2) is 57.4 Å². The van der Waals surface area contributed by atoms with Crippen LogP contribution in [0.5, 0.6) is 0 Å². The number of piperazine rings is 1. The molecule has 8 heteroatoms. The molecule has 0 spiro atoms. The first kappa shape index (κ1) is 14.7. The van der Waals surface area contributed by atoms with Gasteiger partial charge in [0, 0.05) is 13.1 Å². The Morgan fingerprint density at radius 3 is 2.64 bits per heavy atom. The number of nitrogens with zero attached hydrogens (tertiary/aromatic N) is 5. The van der Waals surface area contributed by atoms with Crippen molar-refractivity contribution in [3.8, 4) is 0 Å². The number of aromatic nitrogens is 4. The van der Waals surface area contributed by atoms with E-state index in [2.05, 4.69) is 25.1 Å². The molecule has 1 fully saturated rings. The maximum absolute atomic E-state index is 11.9. The number of hydrogen-bond acceptors (Lipinski definition) is 7. The van der Waals surface area contributed by atoms with E-state index in [1.54, 1.807) is 11.3 Å². The fraction of sp³-hybridized carbons (Fsp3) is 0.571. The average Bonchev–Trinajstić information content (AvgIpc) is 2.95. The average molecular weight is 304 g/mol. The smallest absolute Gasteiger partial charge is 0.330 e. The Morgan fingerprint density at radius 2 is 1.95 bits per heavy atom. The summed E-state index contributed by atoms with van der Waals surface area (Å²) in [6.45, 7) is 8.30.